The summed E-state index contributed by atoms with van der Waals surface area (Å²) in [6, 6.07) is 7.97. The van der Waals surface area contributed by atoms with Gasteiger partial charge in [-0.15, -0.1) is 0 Å². The second-order valence-electron chi connectivity index (χ2n) is 4.72. The summed E-state index contributed by atoms with van der Waals surface area (Å²) < 4.78 is 2.16. The number of hydrogen-bond donors (Lipinski definition) is 1. The van der Waals surface area contributed by atoms with Crippen LogP contribution in [0.5, 0.6) is 0 Å². The smallest absolute Gasteiger partial charge is 0.110 e. The number of likely N-dealkylation sites (N-methyl/N-ethyl adjacent to an activating group) is 1. The number of anilines is 1. The van der Waals surface area contributed by atoms with Gasteiger partial charge in [-0.2, -0.15) is 0 Å². The fourth-order valence-electron chi connectivity index (χ4n) is 1.90. The molecule has 0 unspecified atom stereocenters. The van der Waals surface area contributed by atoms with Gasteiger partial charge in [-0.05, 0) is 25.7 Å². The zero-order valence-electron chi connectivity index (χ0n) is 11.0. The number of nitrogens with two attached hydrogens (primary N) is 1. The van der Waals surface area contributed by atoms with Gasteiger partial charge in [0.1, 0.15) is 5.82 Å². The van der Waals surface area contributed by atoms with Gasteiger partial charge < -0.3 is 15.2 Å². The molecular formula is C14H20N4. The van der Waals surface area contributed by atoms with Crippen molar-refractivity contribution in [1.82, 2.24) is 14.5 Å². The molecule has 1 heterocycles. The van der Waals surface area contributed by atoms with Crippen molar-refractivity contribution in [2.24, 2.45) is 0 Å². The van der Waals surface area contributed by atoms with Crippen LogP contribution in [0.3, 0.4) is 0 Å². The molecule has 0 bridgehead atoms. The summed E-state index contributed by atoms with van der Waals surface area (Å²) in [5, 5.41) is 0. The van der Waals surface area contributed by atoms with E-state index in [9.17, 15) is 0 Å². The van der Waals surface area contributed by atoms with Crippen molar-refractivity contribution < 1.29 is 0 Å². The third-order valence-electron chi connectivity index (χ3n) is 2.98. The lowest BCUT2D eigenvalue weighted by Gasteiger charge is -2.12. The average Bonchev–Trinajstić information content (AvgIpc) is 2.77. The van der Waals surface area contributed by atoms with Crippen molar-refractivity contribution in [3.63, 3.8) is 0 Å². The van der Waals surface area contributed by atoms with Crippen molar-refractivity contribution in [3.05, 3.63) is 48.0 Å². The number of aromatic nitrogens is 2. The quantitative estimate of drug-likeness (QED) is 0.813. The minimum atomic E-state index is 0.787. The molecule has 4 heteroatoms. The molecule has 18 heavy (non-hydrogen) atoms. The van der Waals surface area contributed by atoms with Gasteiger partial charge in [-0.3, -0.25) is 0 Å². The van der Waals surface area contributed by atoms with E-state index in [2.05, 4.69) is 34.6 Å². The highest BCUT2D eigenvalue weighted by Gasteiger charge is 2.05. The van der Waals surface area contributed by atoms with Crippen LogP contribution in [-0.4, -0.2) is 35.1 Å². The average molecular weight is 244 g/mol. The van der Waals surface area contributed by atoms with E-state index in [1.165, 1.54) is 0 Å². The van der Waals surface area contributed by atoms with Gasteiger partial charge in [-0.1, -0.05) is 18.2 Å². The predicted octanol–water partition coefficient (Wildman–Crippen LogP) is 1.62. The number of imidazole rings is 1. The molecule has 0 spiro atoms. The number of nitrogens with zero attached hydrogens (tertiary/aromatic N) is 3. The molecule has 0 fully saturated rings. The Hall–Kier alpha value is -1.81. The lowest BCUT2D eigenvalue weighted by Crippen LogP contribution is -2.17. The van der Waals surface area contributed by atoms with Crippen LogP contribution in [0.2, 0.25) is 0 Å². The molecule has 4 nitrogen and oxygen atoms in total. The summed E-state index contributed by atoms with van der Waals surface area (Å²) in [4.78, 5) is 6.57. The van der Waals surface area contributed by atoms with Gasteiger partial charge in [0.2, 0.25) is 0 Å². The van der Waals surface area contributed by atoms with Gasteiger partial charge in [0.25, 0.3) is 0 Å². The van der Waals surface area contributed by atoms with Crippen LogP contribution in [-0.2, 0) is 13.0 Å². The zero-order chi connectivity index (χ0) is 13.0. The highest BCUT2D eigenvalue weighted by molar-refractivity contribution is 5.46. The molecule has 1 aromatic carbocycles. The topological polar surface area (TPSA) is 47.1 Å². The Balaban J connectivity index is 2.10. The summed E-state index contributed by atoms with van der Waals surface area (Å²) in [6.45, 7) is 1.79. The fraction of sp³-hybridized carbons (Fsp3) is 0.357. The minimum Gasteiger partial charge on any atom is -0.398 e. The van der Waals surface area contributed by atoms with E-state index in [0.717, 1.165) is 36.6 Å². The molecule has 0 aliphatic rings. The Labute approximate surface area is 108 Å². The third-order valence-corrected chi connectivity index (χ3v) is 2.98. The Kier molecular flexibility index (Phi) is 3.99. The Bertz CT molecular complexity index is 502. The summed E-state index contributed by atoms with van der Waals surface area (Å²) in [5.74, 6) is 1.10. The van der Waals surface area contributed by atoms with Crippen LogP contribution in [0, 0.1) is 0 Å². The van der Waals surface area contributed by atoms with Gasteiger partial charge in [-0.25, -0.2) is 4.98 Å². The molecule has 0 amide bonds. The number of hydrogen-bond acceptors (Lipinski definition) is 3. The van der Waals surface area contributed by atoms with Crippen molar-refractivity contribution >= 4 is 5.69 Å². The first-order chi connectivity index (χ1) is 8.66. The second kappa shape index (κ2) is 5.69. The summed E-state index contributed by atoms with van der Waals surface area (Å²) >= 11 is 0. The fourth-order valence-corrected chi connectivity index (χ4v) is 1.90. The Morgan fingerprint density at radius 3 is 2.78 bits per heavy atom. The molecule has 0 aliphatic heterocycles. The van der Waals surface area contributed by atoms with Crippen molar-refractivity contribution in [3.8, 4) is 0 Å². The van der Waals surface area contributed by atoms with Gasteiger partial charge in [0.15, 0.2) is 0 Å². The first-order valence-electron chi connectivity index (χ1n) is 6.15. The van der Waals surface area contributed by atoms with E-state index in [0.29, 0.717) is 0 Å². The standard InChI is InChI=1S/C14H20N4/c1-17(2)9-7-14-16-8-10-18(14)11-12-5-3-4-6-13(12)15/h3-6,8,10H,7,9,11,15H2,1-2H3. The molecule has 0 atom stereocenters. The number of rotatable bonds is 5. The summed E-state index contributed by atoms with van der Waals surface area (Å²) in [6.07, 6.45) is 4.81. The third kappa shape index (κ3) is 3.11. The maximum atomic E-state index is 5.97. The van der Waals surface area contributed by atoms with Crippen LogP contribution < -0.4 is 5.73 Å². The van der Waals surface area contributed by atoms with Crippen LogP contribution in [0.4, 0.5) is 5.69 Å². The number of nitrogen functional groups attached to an aromatic ring is 1. The monoisotopic (exact) mass is 244 g/mol. The maximum absolute atomic E-state index is 5.97. The maximum Gasteiger partial charge on any atom is 0.110 e. The highest BCUT2D eigenvalue weighted by atomic mass is 15.1. The van der Waals surface area contributed by atoms with Crippen LogP contribution in [0.25, 0.3) is 0 Å². The molecule has 96 valence electrons. The van der Waals surface area contributed by atoms with Crippen molar-refractivity contribution in [2.75, 3.05) is 26.4 Å². The summed E-state index contributed by atoms with van der Waals surface area (Å²) in [7, 11) is 4.14. The molecule has 2 rings (SSSR count). The largest absolute Gasteiger partial charge is 0.398 e. The van der Waals surface area contributed by atoms with E-state index in [4.69, 9.17) is 5.73 Å². The lowest BCUT2D eigenvalue weighted by atomic mass is 10.2. The van der Waals surface area contributed by atoms with Crippen LogP contribution in [0.1, 0.15) is 11.4 Å². The van der Waals surface area contributed by atoms with Gasteiger partial charge in [0.05, 0.1) is 6.54 Å². The summed E-state index contributed by atoms with van der Waals surface area (Å²) in [5.41, 5.74) is 7.95. The molecule has 2 N–H and O–H groups in total. The first kappa shape index (κ1) is 12.6. The van der Waals surface area contributed by atoms with Crippen molar-refractivity contribution in [2.45, 2.75) is 13.0 Å². The Morgan fingerprint density at radius 1 is 1.28 bits per heavy atom. The first-order valence-corrected chi connectivity index (χ1v) is 6.15. The van der Waals surface area contributed by atoms with Gasteiger partial charge in [0, 0.05) is 31.0 Å². The van der Waals surface area contributed by atoms with Crippen LogP contribution >= 0.6 is 0 Å². The van der Waals surface area contributed by atoms with Crippen LogP contribution in [0.15, 0.2) is 36.7 Å². The SMILES string of the molecule is CN(C)CCc1nccn1Cc1ccccc1N. The molecule has 0 saturated carbocycles. The molecule has 2 aromatic rings. The highest BCUT2D eigenvalue weighted by Crippen LogP contribution is 2.13. The van der Waals surface area contributed by atoms with E-state index >= 15 is 0 Å². The van der Waals surface area contributed by atoms with E-state index in [-0.39, 0.29) is 0 Å². The molecule has 1 aromatic heterocycles. The molecule has 0 radical (unpaired) electrons. The van der Waals surface area contributed by atoms with E-state index < -0.39 is 0 Å². The molecule has 0 saturated heterocycles. The predicted molar refractivity (Wildman–Crippen MR) is 74.4 cm³/mol. The van der Waals surface area contributed by atoms with Gasteiger partial charge >= 0.3 is 0 Å². The normalized spacial score (nSPS) is 11.1. The van der Waals surface area contributed by atoms with E-state index in [1.54, 1.807) is 0 Å². The molecule has 0 aliphatic carbocycles. The minimum absolute atomic E-state index is 0.787. The molecular weight excluding hydrogens is 224 g/mol. The Morgan fingerprint density at radius 2 is 2.06 bits per heavy atom. The second-order valence-corrected chi connectivity index (χ2v) is 4.72. The van der Waals surface area contributed by atoms with E-state index in [1.807, 2.05) is 30.6 Å². The number of para-hydroxylation sites is 1. The lowest BCUT2D eigenvalue weighted by molar-refractivity contribution is 0.406. The zero-order valence-corrected chi connectivity index (χ0v) is 11.0. The van der Waals surface area contributed by atoms with Crippen molar-refractivity contribution in [1.29, 1.82) is 0 Å². The number of benzene rings is 1.